The molecule has 2 aromatic heterocycles. The molecule has 18 heavy (non-hydrogen) atoms. The van der Waals surface area contributed by atoms with Crippen molar-refractivity contribution < 1.29 is 9.84 Å². The second-order valence-electron chi connectivity index (χ2n) is 4.45. The van der Waals surface area contributed by atoms with E-state index in [1.165, 1.54) is 6.33 Å². The number of imidazole rings is 1. The first-order valence-electron chi connectivity index (χ1n) is 5.95. The average molecular weight is 249 g/mol. The molecule has 7 heteroatoms. The van der Waals surface area contributed by atoms with Gasteiger partial charge in [0, 0.05) is 0 Å². The van der Waals surface area contributed by atoms with E-state index >= 15 is 0 Å². The second-order valence-corrected chi connectivity index (χ2v) is 4.45. The Morgan fingerprint density at radius 3 is 3.00 bits per heavy atom. The first-order valence-corrected chi connectivity index (χ1v) is 5.95. The zero-order valence-electron chi connectivity index (χ0n) is 9.86. The van der Waals surface area contributed by atoms with E-state index in [-0.39, 0.29) is 18.8 Å². The highest BCUT2D eigenvalue weighted by Gasteiger charge is 2.24. The van der Waals surface area contributed by atoms with Gasteiger partial charge in [0.05, 0.1) is 31.7 Å². The molecule has 1 aliphatic rings. The largest absolute Gasteiger partial charge is 0.394 e. The summed E-state index contributed by atoms with van der Waals surface area (Å²) in [5, 5.41) is 9.03. The molecule has 0 amide bonds. The lowest BCUT2D eigenvalue weighted by Crippen LogP contribution is -2.30. The lowest BCUT2D eigenvalue weighted by Gasteiger charge is -2.28. The van der Waals surface area contributed by atoms with E-state index in [0.29, 0.717) is 17.9 Å². The normalized spacial score (nSPS) is 24.5. The Bertz CT molecular complexity index is 547. The van der Waals surface area contributed by atoms with Gasteiger partial charge in [0.1, 0.15) is 11.8 Å². The third kappa shape index (κ3) is 1.81. The predicted molar refractivity (Wildman–Crippen MR) is 64.8 cm³/mol. The van der Waals surface area contributed by atoms with Crippen molar-refractivity contribution in [3.05, 3.63) is 12.7 Å². The molecule has 0 aromatic carbocycles. The Labute approximate surface area is 104 Å². The number of ether oxygens (including phenoxy) is 1. The van der Waals surface area contributed by atoms with Crippen molar-refractivity contribution in [3.8, 4) is 0 Å². The van der Waals surface area contributed by atoms with Crippen LogP contribution in [-0.4, -0.2) is 43.9 Å². The summed E-state index contributed by atoms with van der Waals surface area (Å²) >= 11 is 0. The molecular formula is C11H15N5O2. The van der Waals surface area contributed by atoms with Crippen molar-refractivity contribution in [1.82, 2.24) is 19.5 Å². The number of aliphatic hydroxyl groups excluding tert-OH is 1. The van der Waals surface area contributed by atoms with Crippen LogP contribution in [0.2, 0.25) is 0 Å². The van der Waals surface area contributed by atoms with Crippen molar-refractivity contribution in [3.63, 3.8) is 0 Å². The van der Waals surface area contributed by atoms with E-state index in [9.17, 15) is 0 Å². The highest BCUT2D eigenvalue weighted by atomic mass is 16.5. The van der Waals surface area contributed by atoms with Crippen LogP contribution in [0.15, 0.2) is 12.7 Å². The van der Waals surface area contributed by atoms with Gasteiger partial charge in [0.15, 0.2) is 11.5 Å². The number of fused-ring (bicyclic) bond motifs is 1. The van der Waals surface area contributed by atoms with Crippen LogP contribution in [0.4, 0.5) is 5.82 Å². The summed E-state index contributed by atoms with van der Waals surface area (Å²) in [7, 11) is 0. The van der Waals surface area contributed by atoms with Gasteiger partial charge in [-0.3, -0.25) is 0 Å². The van der Waals surface area contributed by atoms with Crippen LogP contribution in [0.25, 0.3) is 11.2 Å². The minimum Gasteiger partial charge on any atom is -0.394 e. The van der Waals surface area contributed by atoms with Gasteiger partial charge in [-0.15, -0.1) is 0 Å². The minimum atomic E-state index is -0.0456. The summed E-state index contributed by atoms with van der Waals surface area (Å²) < 4.78 is 7.54. The smallest absolute Gasteiger partial charge is 0.165 e. The molecule has 0 saturated carbocycles. The Morgan fingerprint density at radius 2 is 2.28 bits per heavy atom. The maximum Gasteiger partial charge on any atom is 0.165 e. The molecule has 0 spiro atoms. The Morgan fingerprint density at radius 1 is 1.39 bits per heavy atom. The third-order valence-electron chi connectivity index (χ3n) is 3.33. The Balaban J connectivity index is 1.89. The summed E-state index contributed by atoms with van der Waals surface area (Å²) in [6.45, 7) is 0.632. The minimum absolute atomic E-state index is 0.0456. The first kappa shape index (κ1) is 11.4. The molecular weight excluding hydrogens is 234 g/mol. The van der Waals surface area contributed by atoms with E-state index in [0.717, 1.165) is 18.5 Å². The number of anilines is 1. The molecule has 0 bridgehead atoms. The lowest BCUT2D eigenvalue weighted by molar-refractivity contribution is -0.0383. The van der Waals surface area contributed by atoms with Crippen LogP contribution < -0.4 is 5.73 Å². The van der Waals surface area contributed by atoms with Crippen molar-refractivity contribution in [1.29, 1.82) is 0 Å². The quantitative estimate of drug-likeness (QED) is 0.784. The van der Waals surface area contributed by atoms with Crippen LogP contribution in [0.5, 0.6) is 0 Å². The SMILES string of the molecule is Nc1ncnc2c1ncn2[C@H]1CC[C@@H](CO)OC1. The van der Waals surface area contributed by atoms with Crippen molar-refractivity contribution >= 4 is 17.0 Å². The Hall–Kier alpha value is -1.73. The van der Waals surface area contributed by atoms with Crippen LogP contribution >= 0.6 is 0 Å². The number of hydrogen-bond donors (Lipinski definition) is 2. The molecule has 1 fully saturated rings. The summed E-state index contributed by atoms with van der Waals surface area (Å²) in [5.74, 6) is 0.392. The molecule has 0 radical (unpaired) electrons. The van der Waals surface area contributed by atoms with Gasteiger partial charge in [-0.2, -0.15) is 0 Å². The number of aromatic nitrogens is 4. The van der Waals surface area contributed by atoms with Crippen molar-refractivity contribution in [2.45, 2.75) is 25.0 Å². The van der Waals surface area contributed by atoms with Crippen molar-refractivity contribution in [2.75, 3.05) is 18.9 Å². The number of aliphatic hydroxyl groups is 1. The summed E-state index contributed by atoms with van der Waals surface area (Å²) in [6.07, 6.45) is 4.89. The second kappa shape index (κ2) is 4.51. The van der Waals surface area contributed by atoms with E-state index in [2.05, 4.69) is 15.0 Å². The molecule has 7 nitrogen and oxygen atoms in total. The van der Waals surface area contributed by atoms with Gasteiger partial charge < -0.3 is 20.1 Å². The Kier molecular flexibility index (Phi) is 2.85. The molecule has 3 N–H and O–H groups in total. The summed E-state index contributed by atoms with van der Waals surface area (Å²) in [6, 6.07) is 0.187. The zero-order valence-corrected chi connectivity index (χ0v) is 9.86. The van der Waals surface area contributed by atoms with Crippen molar-refractivity contribution in [2.24, 2.45) is 0 Å². The molecule has 3 rings (SSSR count). The topological polar surface area (TPSA) is 99.1 Å². The zero-order chi connectivity index (χ0) is 12.5. The number of nitrogens with two attached hydrogens (primary N) is 1. The molecule has 0 unspecified atom stereocenters. The van der Waals surface area contributed by atoms with Gasteiger partial charge in [-0.05, 0) is 12.8 Å². The molecule has 96 valence electrons. The monoisotopic (exact) mass is 249 g/mol. The molecule has 2 atom stereocenters. The van der Waals surface area contributed by atoms with E-state index in [4.69, 9.17) is 15.6 Å². The number of rotatable bonds is 2. The average Bonchev–Trinajstić information content (AvgIpc) is 2.84. The summed E-state index contributed by atoms with van der Waals surface area (Å²) in [5.41, 5.74) is 7.11. The first-order chi connectivity index (χ1) is 8.79. The number of nitrogen functional groups attached to an aromatic ring is 1. The van der Waals surface area contributed by atoms with E-state index < -0.39 is 0 Å². The maximum atomic E-state index is 9.03. The van der Waals surface area contributed by atoms with Gasteiger partial charge in [-0.25, -0.2) is 15.0 Å². The molecule has 1 aliphatic heterocycles. The highest BCUT2D eigenvalue weighted by molar-refractivity contribution is 5.81. The van der Waals surface area contributed by atoms with Crippen LogP contribution in [0.1, 0.15) is 18.9 Å². The van der Waals surface area contributed by atoms with E-state index in [1.807, 2.05) is 4.57 Å². The highest BCUT2D eigenvalue weighted by Crippen LogP contribution is 2.26. The molecule has 2 aromatic rings. The summed E-state index contributed by atoms with van der Waals surface area (Å²) in [4.78, 5) is 12.4. The van der Waals surface area contributed by atoms with Crippen LogP contribution in [0.3, 0.4) is 0 Å². The third-order valence-corrected chi connectivity index (χ3v) is 3.33. The van der Waals surface area contributed by atoms with Crippen LogP contribution in [-0.2, 0) is 4.74 Å². The maximum absolute atomic E-state index is 9.03. The molecule has 3 heterocycles. The van der Waals surface area contributed by atoms with Gasteiger partial charge in [-0.1, -0.05) is 0 Å². The predicted octanol–water partition coefficient (Wildman–Crippen LogP) is 0.121. The molecule has 0 aliphatic carbocycles. The van der Waals surface area contributed by atoms with Gasteiger partial charge in [0.25, 0.3) is 0 Å². The lowest BCUT2D eigenvalue weighted by atomic mass is 10.1. The standard InChI is InChI=1S/C11H15N5O2/c12-10-9-11(14-5-13-10)16(6-15-9)7-1-2-8(3-17)18-4-7/h5-8,17H,1-4H2,(H2,12,13,14)/t7-,8-/m0/s1. The van der Waals surface area contributed by atoms with E-state index in [1.54, 1.807) is 6.33 Å². The molecule has 1 saturated heterocycles. The van der Waals surface area contributed by atoms with Gasteiger partial charge >= 0.3 is 0 Å². The number of nitrogens with zero attached hydrogens (tertiary/aromatic N) is 4. The number of hydrogen-bond acceptors (Lipinski definition) is 6. The fraction of sp³-hybridized carbons (Fsp3) is 0.545. The van der Waals surface area contributed by atoms with Crippen LogP contribution in [0, 0.1) is 0 Å². The van der Waals surface area contributed by atoms with Gasteiger partial charge in [0.2, 0.25) is 0 Å². The fourth-order valence-corrected chi connectivity index (χ4v) is 2.29. The fourth-order valence-electron chi connectivity index (χ4n) is 2.29.